The zero-order chi connectivity index (χ0) is 43.5. The van der Waals surface area contributed by atoms with Gasteiger partial charge in [-0.05, 0) is 42.3 Å². The van der Waals surface area contributed by atoms with Gasteiger partial charge in [0.1, 0.15) is 42.0 Å². The maximum absolute atomic E-state index is 14.2. The van der Waals surface area contributed by atoms with Crippen LogP contribution in [-0.2, 0) is 40.1 Å². The summed E-state index contributed by atoms with van der Waals surface area (Å²) in [5, 5.41) is 45.3. The van der Waals surface area contributed by atoms with E-state index in [-0.39, 0.29) is 29.2 Å². The third kappa shape index (κ3) is 14.0. The van der Waals surface area contributed by atoms with Gasteiger partial charge >= 0.3 is 7.82 Å². The number of aromatic nitrogens is 3. The summed E-state index contributed by atoms with van der Waals surface area (Å²) in [7, 11) is -3.42. The molecule has 0 saturated carbocycles. The molecule has 16 nitrogen and oxygen atoms in total. The predicted molar refractivity (Wildman–Crippen MR) is 220 cm³/mol. The molecule has 0 bridgehead atoms. The highest BCUT2D eigenvalue weighted by Crippen LogP contribution is 2.46. The van der Waals surface area contributed by atoms with E-state index in [1.165, 1.54) is 105 Å². The van der Waals surface area contributed by atoms with Crippen LogP contribution in [-0.4, -0.2) is 91.7 Å². The third-order valence-corrected chi connectivity index (χ3v) is 11.8. The summed E-state index contributed by atoms with van der Waals surface area (Å²) in [5.74, 6) is -1.15. The molecular formula is C42H61FN7O9P. The number of rotatable bonds is 28. The van der Waals surface area contributed by atoms with E-state index in [4.69, 9.17) is 24.3 Å². The fourth-order valence-electron chi connectivity index (χ4n) is 7.36. The predicted octanol–water partition coefficient (Wildman–Crippen LogP) is 6.60. The molecule has 1 fully saturated rings. The van der Waals surface area contributed by atoms with Gasteiger partial charge in [-0.1, -0.05) is 103 Å². The molecule has 6 atom stereocenters. The first kappa shape index (κ1) is 48.6. The Kier molecular flexibility index (Phi) is 19.8. The Hall–Kier alpha value is -4.03. The topological polar surface area (TPSA) is 239 Å². The van der Waals surface area contributed by atoms with Crippen molar-refractivity contribution in [1.82, 2.24) is 19.5 Å². The summed E-state index contributed by atoms with van der Waals surface area (Å²) >= 11 is 0. The molecule has 1 aliphatic rings. The van der Waals surface area contributed by atoms with Crippen molar-refractivity contribution in [2.75, 3.05) is 32.5 Å². The van der Waals surface area contributed by atoms with Gasteiger partial charge in [0, 0.05) is 13.6 Å². The molecule has 3 heterocycles. The van der Waals surface area contributed by atoms with Gasteiger partial charge in [-0.3, -0.25) is 13.8 Å². The maximum Gasteiger partial charge on any atom is 0.472 e. The van der Waals surface area contributed by atoms with Crippen LogP contribution in [0.2, 0.25) is 0 Å². The van der Waals surface area contributed by atoms with Crippen molar-refractivity contribution in [3.8, 4) is 12.1 Å². The lowest BCUT2D eigenvalue weighted by Crippen LogP contribution is -2.41. The number of nitriles is 2. The van der Waals surface area contributed by atoms with Crippen LogP contribution in [0.25, 0.3) is 5.52 Å². The third-order valence-electron chi connectivity index (χ3n) is 10.8. The fraction of sp³-hybridized carbons (Fsp3) is 0.643. The summed E-state index contributed by atoms with van der Waals surface area (Å²) in [6, 6.07) is 10.2. The van der Waals surface area contributed by atoms with Gasteiger partial charge < -0.3 is 35.2 Å². The first-order valence-corrected chi connectivity index (χ1v) is 22.6. The minimum Gasteiger partial charge on any atom is -0.387 e. The molecule has 1 saturated heterocycles. The molecule has 60 heavy (non-hydrogen) atoms. The molecular weight excluding hydrogens is 796 g/mol. The van der Waals surface area contributed by atoms with Crippen molar-refractivity contribution in [2.24, 2.45) is 0 Å². The van der Waals surface area contributed by atoms with Gasteiger partial charge in [-0.15, -0.1) is 0 Å². The monoisotopic (exact) mass is 857 g/mol. The van der Waals surface area contributed by atoms with E-state index in [0.29, 0.717) is 12.1 Å². The number of benzene rings is 1. The number of ether oxygens (including phenoxy) is 2. The number of aliphatic hydroxyl groups excluding tert-OH is 2. The highest BCUT2D eigenvalue weighted by atomic mass is 31.2. The van der Waals surface area contributed by atoms with Crippen molar-refractivity contribution in [3.63, 3.8) is 0 Å². The molecule has 1 amide bonds. The average molecular weight is 858 g/mol. The molecule has 1 aromatic carbocycles. The van der Waals surface area contributed by atoms with Gasteiger partial charge in [0.15, 0.2) is 11.9 Å². The number of fused-ring (bicyclic) bond motifs is 1. The number of carbonyl (C=O) groups excluding carboxylic acids is 1. The largest absolute Gasteiger partial charge is 0.472 e. The van der Waals surface area contributed by atoms with Gasteiger partial charge in [0.2, 0.25) is 5.60 Å². The standard InChI is InChI=1S/C42H61FN7O9P/c1-3-4-5-6-7-8-9-10-11-12-13-14-15-16-17-18-21-49(2)41(53)36(56-26-32-22-31(25-44)23-33(43)24-32)28-58-60(54,55)57-27-35-38(51)39(52)42(29-45,59-35)37-20-19-34-40(46)47-30-48-50(34)37/h19-20,22-24,30,35-36,38-39,51-52H,3-18,21,26-28H2,1-2H3,(H,54,55)(H2,46,47,48)/t35-,36+,38-,39-,42+/m1/s1. The molecule has 18 heteroatoms. The Morgan fingerprint density at radius 1 is 1.00 bits per heavy atom. The first-order chi connectivity index (χ1) is 28.9. The van der Waals surface area contributed by atoms with Crippen molar-refractivity contribution in [1.29, 1.82) is 10.5 Å². The molecule has 5 N–H and O–H groups in total. The smallest absolute Gasteiger partial charge is 0.387 e. The van der Waals surface area contributed by atoms with E-state index in [1.54, 1.807) is 7.05 Å². The second-order valence-electron chi connectivity index (χ2n) is 15.5. The van der Waals surface area contributed by atoms with Gasteiger partial charge in [-0.2, -0.15) is 15.6 Å². The van der Waals surface area contributed by atoms with Crippen molar-refractivity contribution >= 4 is 25.1 Å². The lowest BCUT2D eigenvalue weighted by atomic mass is 9.92. The van der Waals surface area contributed by atoms with Crippen LogP contribution in [0.5, 0.6) is 0 Å². The Morgan fingerprint density at radius 2 is 1.62 bits per heavy atom. The first-order valence-electron chi connectivity index (χ1n) is 21.1. The number of halogens is 1. The molecule has 2 aromatic heterocycles. The summed E-state index contributed by atoms with van der Waals surface area (Å²) < 4.78 is 50.4. The average Bonchev–Trinajstić information content (AvgIpc) is 3.78. The van der Waals surface area contributed by atoms with E-state index in [1.807, 2.05) is 12.1 Å². The number of phosphoric ester groups is 1. The number of phosphoric acid groups is 1. The highest BCUT2D eigenvalue weighted by molar-refractivity contribution is 7.47. The molecule has 1 unspecified atom stereocenters. The van der Waals surface area contributed by atoms with Crippen LogP contribution in [0.15, 0.2) is 36.7 Å². The van der Waals surface area contributed by atoms with Crippen molar-refractivity contribution in [3.05, 3.63) is 59.3 Å². The second kappa shape index (κ2) is 24.4. The number of anilines is 1. The summed E-state index contributed by atoms with van der Waals surface area (Å²) in [6.07, 6.45) is 14.0. The molecule has 0 spiro atoms. The van der Waals surface area contributed by atoms with Crippen molar-refractivity contribution < 1.29 is 47.4 Å². The minimum atomic E-state index is -4.99. The Bertz CT molecular complexity index is 1940. The Balaban J connectivity index is 1.26. The lowest BCUT2D eigenvalue weighted by molar-refractivity contribution is -0.145. The molecule has 330 valence electrons. The molecule has 1 aliphatic heterocycles. The van der Waals surface area contributed by atoms with Crippen LogP contribution < -0.4 is 5.73 Å². The van der Waals surface area contributed by atoms with Gasteiger partial charge in [0.25, 0.3) is 5.91 Å². The fourth-order valence-corrected chi connectivity index (χ4v) is 8.09. The number of carbonyl (C=O) groups is 1. The highest BCUT2D eigenvalue weighted by Gasteiger charge is 2.58. The summed E-state index contributed by atoms with van der Waals surface area (Å²) in [4.78, 5) is 29.6. The van der Waals surface area contributed by atoms with Crippen LogP contribution in [0.1, 0.15) is 126 Å². The van der Waals surface area contributed by atoms with Crippen LogP contribution >= 0.6 is 7.82 Å². The maximum atomic E-state index is 14.2. The zero-order valence-corrected chi connectivity index (χ0v) is 35.7. The normalized spacial score (nSPS) is 20.4. The lowest BCUT2D eigenvalue weighted by Gasteiger charge is -2.25. The molecule has 0 aliphatic carbocycles. The van der Waals surface area contributed by atoms with Crippen molar-refractivity contribution in [2.45, 2.75) is 146 Å². The quantitative estimate of drug-likeness (QED) is 0.0445. The molecule has 3 aromatic rings. The van der Waals surface area contributed by atoms with Crippen LogP contribution in [0.4, 0.5) is 10.2 Å². The van der Waals surface area contributed by atoms with Crippen LogP contribution in [0.3, 0.4) is 0 Å². The van der Waals surface area contributed by atoms with Gasteiger partial charge in [-0.25, -0.2) is 18.5 Å². The number of hydrogen-bond acceptors (Lipinski definition) is 13. The second-order valence-corrected chi connectivity index (χ2v) is 16.9. The number of nitrogens with zero attached hydrogens (tertiary/aromatic N) is 6. The van der Waals surface area contributed by atoms with E-state index in [2.05, 4.69) is 17.0 Å². The Labute approximate surface area is 352 Å². The minimum absolute atomic E-state index is 0.0222. The number of nitrogen functional groups attached to an aromatic ring is 1. The van der Waals surface area contributed by atoms with E-state index >= 15 is 0 Å². The SMILES string of the molecule is CCCCCCCCCCCCCCCCCCN(C)C(=O)[C@H](COP(=O)(O)OC[C@H]1O[C@@](C#N)(c2ccc3c(N)ncnn23)[C@H](O)[C@@H]1O)OCc1cc(F)cc(C#N)c1. The Morgan fingerprint density at radius 3 is 2.22 bits per heavy atom. The van der Waals surface area contributed by atoms with Gasteiger partial charge in [0.05, 0.1) is 37.1 Å². The van der Waals surface area contributed by atoms with E-state index < -0.39 is 62.8 Å². The number of aliphatic hydroxyl groups is 2. The molecule has 0 radical (unpaired) electrons. The number of nitrogens with two attached hydrogens (primary N) is 1. The van der Waals surface area contributed by atoms with E-state index in [9.17, 15) is 39.4 Å². The number of amides is 1. The summed E-state index contributed by atoms with van der Waals surface area (Å²) in [6.45, 7) is 0.738. The summed E-state index contributed by atoms with van der Waals surface area (Å²) in [5.41, 5.74) is 4.36. The number of unbranched alkanes of at least 4 members (excludes halogenated alkanes) is 15. The van der Waals surface area contributed by atoms with Crippen LogP contribution in [0, 0.1) is 28.5 Å². The number of likely N-dealkylation sites (N-methyl/N-ethyl adjacent to an activating group) is 1. The van der Waals surface area contributed by atoms with E-state index in [0.717, 1.165) is 44.1 Å². The number of hydrogen-bond donors (Lipinski definition) is 4. The zero-order valence-electron chi connectivity index (χ0n) is 34.8. The molecule has 4 rings (SSSR count).